The molecule has 1 amide bonds. The van der Waals surface area contributed by atoms with Crippen molar-refractivity contribution < 1.29 is 18.7 Å². The van der Waals surface area contributed by atoms with Crippen molar-refractivity contribution in [2.75, 3.05) is 13.7 Å². The second kappa shape index (κ2) is 8.21. The molecule has 0 bridgehead atoms. The molecule has 28 heavy (non-hydrogen) atoms. The van der Waals surface area contributed by atoms with Crippen LogP contribution in [0.2, 0.25) is 0 Å². The van der Waals surface area contributed by atoms with Crippen molar-refractivity contribution in [2.45, 2.75) is 50.7 Å². The Labute approximate surface area is 165 Å². The second-order valence-corrected chi connectivity index (χ2v) is 7.74. The number of halogens is 1. The molecule has 1 saturated heterocycles. The zero-order valence-corrected chi connectivity index (χ0v) is 16.2. The topological polar surface area (TPSA) is 38.8 Å². The SMILES string of the molecule is COc1ccc([C@H]2CC(=O)N(Cc3cccc(F)c3)C2)cc1OC1CCCC1. The van der Waals surface area contributed by atoms with Gasteiger partial charge in [0.1, 0.15) is 5.82 Å². The van der Waals surface area contributed by atoms with E-state index in [1.54, 1.807) is 18.1 Å². The van der Waals surface area contributed by atoms with Crippen LogP contribution in [-0.2, 0) is 11.3 Å². The molecule has 0 aromatic heterocycles. The standard InChI is InChI=1S/C23H26FNO3/c1-27-21-10-9-17(12-22(21)28-20-7-2-3-8-20)18-13-23(26)25(15-18)14-16-5-4-6-19(24)11-16/h4-6,9-12,18,20H,2-3,7-8,13-15H2,1H3/t18-/m0/s1. The molecule has 2 aromatic rings. The van der Waals surface area contributed by atoms with E-state index in [-0.39, 0.29) is 23.7 Å². The third kappa shape index (κ3) is 4.13. The van der Waals surface area contributed by atoms with E-state index in [2.05, 4.69) is 0 Å². The second-order valence-electron chi connectivity index (χ2n) is 7.74. The molecule has 0 N–H and O–H groups in total. The number of amides is 1. The van der Waals surface area contributed by atoms with Crippen molar-refractivity contribution in [2.24, 2.45) is 0 Å². The summed E-state index contributed by atoms with van der Waals surface area (Å²) in [5.74, 6) is 1.44. The maximum Gasteiger partial charge on any atom is 0.223 e. The maximum absolute atomic E-state index is 13.4. The first-order chi connectivity index (χ1) is 13.6. The van der Waals surface area contributed by atoms with E-state index in [0.29, 0.717) is 19.5 Å². The van der Waals surface area contributed by atoms with Gasteiger partial charge < -0.3 is 14.4 Å². The molecule has 0 unspecified atom stereocenters. The van der Waals surface area contributed by atoms with Crippen molar-refractivity contribution >= 4 is 5.91 Å². The van der Waals surface area contributed by atoms with Crippen LogP contribution in [0, 0.1) is 5.82 Å². The third-order valence-corrected chi connectivity index (χ3v) is 5.73. The van der Waals surface area contributed by atoms with Gasteiger partial charge in [0.25, 0.3) is 0 Å². The van der Waals surface area contributed by atoms with E-state index in [1.165, 1.54) is 25.0 Å². The summed E-state index contributed by atoms with van der Waals surface area (Å²) in [5, 5.41) is 0. The number of ether oxygens (including phenoxy) is 2. The van der Waals surface area contributed by atoms with Gasteiger partial charge in [0.2, 0.25) is 5.91 Å². The fourth-order valence-corrected chi connectivity index (χ4v) is 4.23. The van der Waals surface area contributed by atoms with Crippen molar-refractivity contribution in [1.82, 2.24) is 4.90 Å². The lowest BCUT2D eigenvalue weighted by molar-refractivity contribution is -0.128. The molecular formula is C23H26FNO3. The fourth-order valence-electron chi connectivity index (χ4n) is 4.23. The summed E-state index contributed by atoms with van der Waals surface area (Å²) in [4.78, 5) is 14.3. The number of nitrogens with zero attached hydrogens (tertiary/aromatic N) is 1. The summed E-state index contributed by atoms with van der Waals surface area (Å²) >= 11 is 0. The summed E-state index contributed by atoms with van der Waals surface area (Å²) < 4.78 is 25.1. The summed E-state index contributed by atoms with van der Waals surface area (Å²) in [6, 6.07) is 12.4. The third-order valence-electron chi connectivity index (χ3n) is 5.73. The Kier molecular flexibility index (Phi) is 5.51. The quantitative estimate of drug-likeness (QED) is 0.728. The molecule has 4 nitrogen and oxygen atoms in total. The van der Waals surface area contributed by atoms with Crippen molar-refractivity contribution in [3.63, 3.8) is 0 Å². The number of benzene rings is 2. The number of likely N-dealkylation sites (tertiary alicyclic amines) is 1. The van der Waals surface area contributed by atoms with Crippen molar-refractivity contribution in [3.8, 4) is 11.5 Å². The maximum atomic E-state index is 13.4. The van der Waals surface area contributed by atoms with Gasteiger partial charge in [-0.1, -0.05) is 18.2 Å². The molecule has 2 aliphatic rings. The predicted octanol–water partition coefficient (Wildman–Crippen LogP) is 4.67. The molecular weight excluding hydrogens is 357 g/mol. The van der Waals surface area contributed by atoms with Crippen LogP contribution in [0.25, 0.3) is 0 Å². The van der Waals surface area contributed by atoms with E-state index in [9.17, 15) is 9.18 Å². The molecule has 1 aliphatic carbocycles. The van der Waals surface area contributed by atoms with Gasteiger partial charge in [-0.3, -0.25) is 4.79 Å². The highest BCUT2D eigenvalue weighted by atomic mass is 19.1. The van der Waals surface area contributed by atoms with Gasteiger partial charge in [-0.05, 0) is 61.1 Å². The lowest BCUT2D eigenvalue weighted by atomic mass is 9.98. The molecule has 148 valence electrons. The van der Waals surface area contributed by atoms with Gasteiger partial charge in [-0.2, -0.15) is 0 Å². The number of carbonyl (C=O) groups excluding carboxylic acids is 1. The number of methoxy groups -OCH3 is 1. The van der Waals surface area contributed by atoms with Gasteiger partial charge in [0, 0.05) is 25.4 Å². The van der Waals surface area contributed by atoms with Gasteiger partial charge >= 0.3 is 0 Å². The van der Waals surface area contributed by atoms with Crippen LogP contribution >= 0.6 is 0 Å². The molecule has 2 aromatic carbocycles. The zero-order chi connectivity index (χ0) is 19.5. The Balaban J connectivity index is 1.48. The lowest BCUT2D eigenvalue weighted by Crippen LogP contribution is -2.24. The summed E-state index contributed by atoms with van der Waals surface area (Å²) in [6.45, 7) is 1.07. The average molecular weight is 383 g/mol. The van der Waals surface area contributed by atoms with Crippen molar-refractivity contribution in [3.05, 3.63) is 59.4 Å². The number of carbonyl (C=O) groups is 1. The highest BCUT2D eigenvalue weighted by molar-refractivity contribution is 5.79. The fraction of sp³-hybridized carbons (Fsp3) is 0.435. The monoisotopic (exact) mass is 383 g/mol. The molecule has 1 heterocycles. The zero-order valence-electron chi connectivity index (χ0n) is 16.2. The molecule has 1 atom stereocenters. The first-order valence-electron chi connectivity index (χ1n) is 9.99. The minimum Gasteiger partial charge on any atom is -0.493 e. The van der Waals surface area contributed by atoms with E-state index >= 15 is 0 Å². The Morgan fingerprint density at radius 1 is 1.11 bits per heavy atom. The van der Waals surface area contributed by atoms with E-state index < -0.39 is 0 Å². The largest absolute Gasteiger partial charge is 0.493 e. The van der Waals surface area contributed by atoms with Gasteiger partial charge in [-0.25, -0.2) is 4.39 Å². The molecule has 4 rings (SSSR count). The highest BCUT2D eigenvalue weighted by Gasteiger charge is 2.31. The number of rotatable bonds is 6. The number of hydrogen-bond acceptors (Lipinski definition) is 3. The minimum absolute atomic E-state index is 0.100. The summed E-state index contributed by atoms with van der Waals surface area (Å²) in [6.07, 6.45) is 5.29. The summed E-state index contributed by atoms with van der Waals surface area (Å²) in [7, 11) is 1.65. The van der Waals surface area contributed by atoms with E-state index in [4.69, 9.17) is 9.47 Å². The van der Waals surface area contributed by atoms with Gasteiger partial charge in [0.15, 0.2) is 11.5 Å². The minimum atomic E-state index is -0.274. The Hall–Kier alpha value is -2.56. The Morgan fingerprint density at radius 2 is 1.93 bits per heavy atom. The van der Waals surface area contributed by atoms with Crippen LogP contribution in [0.3, 0.4) is 0 Å². The Morgan fingerprint density at radius 3 is 2.68 bits per heavy atom. The summed E-state index contributed by atoms with van der Waals surface area (Å²) in [5.41, 5.74) is 1.90. The molecule has 0 spiro atoms. The first-order valence-corrected chi connectivity index (χ1v) is 9.99. The molecule has 1 saturated carbocycles. The molecule has 2 fully saturated rings. The van der Waals surface area contributed by atoms with Crippen LogP contribution in [0.4, 0.5) is 4.39 Å². The smallest absolute Gasteiger partial charge is 0.223 e. The Bertz CT molecular complexity index is 847. The van der Waals surface area contributed by atoms with Gasteiger partial charge in [-0.15, -0.1) is 0 Å². The van der Waals surface area contributed by atoms with E-state index in [0.717, 1.165) is 35.5 Å². The van der Waals surface area contributed by atoms with Crippen LogP contribution < -0.4 is 9.47 Å². The predicted molar refractivity (Wildman–Crippen MR) is 105 cm³/mol. The first kappa shape index (κ1) is 18.8. The average Bonchev–Trinajstić information content (AvgIpc) is 3.32. The van der Waals surface area contributed by atoms with Crippen LogP contribution in [0.1, 0.15) is 49.1 Å². The molecule has 0 radical (unpaired) electrons. The molecule has 5 heteroatoms. The van der Waals surface area contributed by atoms with Crippen LogP contribution in [-0.4, -0.2) is 30.6 Å². The highest BCUT2D eigenvalue weighted by Crippen LogP contribution is 2.37. The van der Waals surface area contributed by atoms with Crippen LogP contribution in [0.5, 0.6) is 11.5 Å². The van der Waals surface area contributed by atoms with Crippen LogP contribution in [0.15, 0.2) is 42.5 Å². The number of hydrogen-bond donors (Lipinski definition) is 0. The lowest BCUT2D eigenvalue weighted by Gasteiger charge is -2.19. The van der Waals surface area contributed by atoms with Gasteiger partial charge in [0.05, 0.1) is 13.2 Å². The van der Waals surface area contributed by atoms with E-state index in [1.807, 2.05) is 24.3 Å². The molecule has 1 aliphatic heterocycles. The van der Waals surface area contributed by atoms with Crippen molar-refractivity contribution in [1.29, 1.82) is 0 Å². The normalized spacial score (nSPS) is 20.0.